The largest absolute Gasteiger partial charge is 0.466 e. The highest BCUT2D eigenvalue weighted by Gasteiger charge is 2.39. The number of aromatic nitrogens is 2. The maximum Gasteiger partial charge on any atom is 0.311 e. The number of anilines is 2. The van der Waals surface area contributed by atoms with Gasteiger partial charge in [0.05, 0.1) is 17.7 Å². The van der Waals surface area contributed by atoms with Crippen LogP contribution in [0.25, 0.3) is 0 Å². The van der Waals surface area contributed by atoms with Gasteiger partial charge in [-0.25, -0.2) is 9.97 Å². The predicted octanol–water partition coefficient (Wildman–Crippen LogP) is 4.49. The minimum Gasteiger partial charge on any atom is -0.466 e. The second kappa shape index (κ2) is 8.32. The molecule has 1 fully saturated rings. The Morgan fingerprint density at radius 3 is 2.79 bits per heavy atom. The number of carbonyl (C=O) groups is 1. The minimum absolute atomic E-state index is 0.0694. The number of piperidine rings is 1. The molecule has 154 valence electrons. The van der Waals surface area contributed by atoms with Crippen molar-refractivity contribution in [3.63, 3.8) is 0 Å². The van der Waals surface area contributed by atoms with Crippen LogP contribution in [0.2, 0.25) is 0 Å². The van der Waals surface area contributed by atoms with E-state index < -0.39 is 5.41 Å². The Bertz CT molecular complexity index is 894. The fourth-order valence-corrected chi connectivity index (χ4v) is 5.01. The lowest BCUT2D eigenvalue weighted by molar-refractivity contribution is -0.157. The van der Waals surface area contributed by atoms with E-state index >= 15 is 0 Å². The van der Waals surface area contributed by atoms with E-state index in [9.17, 15) is 4.79 Å². The van der Waals surface area contributed by atoms with Crippen molar-refractivity contribution in [3.05, 3.63) is 36.2 Å². The first-order chi connectivity index (χ1) is 14.0. The van der Waals surface area contributed by atoms with Crippen molar-refractivity contribution in [2.45, 2.75) is 50.1 Å². The average molecular weight is 413 g/mol. The van der Waals surface area contributed by atoms with E-state index in [0.717, 1.165) is 49.0 Å². The molecule has 1 aromatic heterocycles. The monoisotopic (exact) mass is 412 g/mol. The van der Waals surface area contributed by atoms with Gasteiger partial charge in [0.15, 0.2) is 5.82 Å². The number of rotatable bonds is 5. The number of likely N-dealkylation sites (tertiary alicyclic amines) is 1. The first-order valence-electron chi connectivity index (χ1n) is 10.3. The number of carbonyl (C=O) groups excluding carboxylic acids is 1. The summed E-state index contributed by atoms with van der Waals surface area (Å²) >= 11 is 1.65. The van der Waals surface area contributed by atoms with Gasteiger partial charge in [0, 0.05) is 23.8 Å². The summed E-state index contributed by atoms with van der Waals surface area (Å²) in [5.41, 5.74) is 1.97. The molecule has 29 heavy (non-hydrogen) atoms. The number of benzene rings is 1. The SMILES string of the molecule is CCOC(=O)C(C)(C)C1CCN(Cc2ccc3c(c2)Nc2nccnc2S3)CC1. The van der Waals surface area contributed by atoms with Gasteiger partial charge in [-0.3, -0.25) is 9.69 Å². The van der Waals surface area contributed by atoms with Crippen LogP contribution in [-0.2, 0) is 16.1 Å². The topological polar surface area (TPSA) is 67.3 Å². The molecule has 6 nitrogen and oxygen atoms in total. The smallest absolute Gasteiger partial charge is 0.311 e. The zero-order valence-corrected chi connectivity index (χ0v) is 18.1. The first-order valence-corrected chi connectivity index (χ1v) is 11.1. The third-order valence-electron chi connectivity index (χ3n) is 5.98. The van der Waals surface area contributed by atoms with Crippen molar-refractivity contribution in [1.29, 1.82) is 0 Å². The summed E-state index contributed by atoms with van der Waals surface area (Å²) in [7, 11) is 0. The molecule has 0 unspecified atom stereocenters. The fourth-order valence-electron chi connectivity index (χ4n) is 4.13. The quantitative estimate of drug-likeness (QED) is 0.620. The van der Waals surface area contributed by atoms with Crippen molar-refractivity contribution in [3.8, 4) is 0 Å². The highest BCUT2D eigenvalue weighted by Crippen LogP contribution is 2.42. The number of hydrogen-bond donors (Lipinski definition) is 1. The zero-order valence-electron chi connectivity index (χ0n) is 17.3. The second-order valence-electron chi connectivity index (χ2n) is 8.26. The van der Waals surface area contributed by atoms with Crippen molar-refractivity contribution < 1.29 is 9.53 Å². The van der Waals surface area contributed by atoms with Gasteiger partial charge >= 0.3 is 5.97 Å². The maximum atomic E-state index is 12.3. The van der Waals surface area contributed by atoms with Gasteiger partial charge < -0.3 is 10.1 Å². The van der Waals surface area contributed by atoms with Crippen molar-refractivity contribution >= 4 is 29.2 Å². The standard InChI is InChI=1S/C22H28N4O2S/c1-4-28-21(27)22(2,3)16-7-11-26(12-8-16)14-15-5-6-18-17(13-15)25-19-20(29-18)24-10-9-23-19/h5-6,9-10,13,16H,4,7-8,11-12,14H2,1-3H3,(H,23,25). The summed E-state index contributed by atoms with van der Waals surface area (Å²) in [6, 6.07) is 6.58. The Morgan fingerprint density at radius 1 is 1.28 bits per heavy atom. The molecular formula is C22H28N4O2S. The number of hydrogen-bond acceptors (Lipinski definition) is 7. The maximum absolute atomic E-state index is 12.3. The van der Waals surface area contributed by atoms with E-state index in [1.807, 2.05) is 20.8 Å². The number of nitrogens with one attached hydrogen (secondary N) is 1. The summed E-state index contributed by atoms with van der Waals surface area (Å²) in [6.07, 6.45) is 5.48. The lowest BCUT2D eigenvalue weighted by atomic mass is 9.73. The Hall–Kier alpha value is -2.12. The predicted molar refractivity (Wildman–Crippen MR) is 114 cm³/mol. The van der Waals surface area contributed by atoms with Crippen LogP contribution in [0.15, 0.2) is 40.5 Å². The number of esters is 1. The third kappa shape index (κ3) is 4.26. The third-order valence-corrected chi connectivity index (χ3v) is 7.05. The average Bonchev–Trinajstić information content (AvgIpc) is 2.73. The molecule has 1 N–H and O–H groups in total. The molecule has 0 amide bonds. The summed E-state index contributed by atoms with van der Waals surface area (Å²) < 4.78 is 5.29. The number of nitrogens with zero attached hydrogens (tertiary/aromatic N) is 3. The van der Waals surface area contributed by atoms with Crippen LogP contribution in [0.1, 0.15) is 39.2 Å². The molecule has 0 saturated carbocycles. The Balaban J connectivity index is 1.37. The van der Waals surface area contributed by atoms with Gasteiger partial charge in [-0.1, -0.05) is 17.8 Å². The van der Waals surface area contributed by atoms with Gasteiger partial charge in [-0.05, 0) is 70.3 Å². The van der Waals surface area contributed by atoms with Crippen LogP contribution in [0.4, 0.5) is 11.5 Å². The van der Waals surface area contributed by atoms with Crippen molar-refractivity contribution in [2.24, 2.45) is 11.3 Å². The molecule has 0 spiro atoms. The molecule has 2 aliphatic heterocycles. The molecule has 0 radical (unpaired) electrons. The van der Waals surface area contributed by atoms with Crippen LogP contribution in [0.3, 0.4) is 0 Å². The van der Waals surface area contributed by atoms with Crippen molar-refractivity contribution in [2.75, 3.05) is 25.0 Å². The summed E-state index contributed by atoms with van der Waals surface area (Å²) in [5, 5.41) is 4.32. The van der Waals surface area contributed by atoms with Crippen LogP contribution in [0.5, 0.6) is 0 Å². The second-order valence-corrected chi connectivity index (χ2v) is 9.29. The van der Waals surface area contributed by atoms with Gasteiger partial charge in [0.1, 0.15) is 5.03 Å². The van der Waals surface area contributed by atoms with E-state index in [4.69, 9.17) is 4.74 Å². The van der Waals surface area contributed by atoms with Gasteiger partial charge in [0.2, 0.25) is 0 Å². The summed E-state index contributed by atoms with van der Waals surface area (Å²) in [4.78, 5) is 24.7. The van der Waals surface area contributed by atoms with Crippen molar-refractivity contribution in [1.82, 2.24) is 14.9 Å². The molecule has 2 aliphatic rings. The Morgan fingerprint density at radius 2 is 2.03 bits per heavy atom. The van der Waals surface area contributed by atoms with E-state index in [1.165, 1.54) is 10.5 Å². The van der Waals surface area contributed by atoms with Crippen LogP contribution in [-0.4, -0.2) is 40.5 Å². The molecule has 4 rings (SSSR count). The summed E-state index contributed by atoms with van der Waals surface area (Å²) in [5.74, 6) is 1.12. The van der Waals surface area contributed by atoms with Gasteiger partial charge in [-0.2, -0.15) is 0 Å². The molecule has 2 aromatic rings. The van der Waals surface area contributed by atoms with Crippen LogP contribution < -0.4 is 5.32 Å². The zero-order chi connectivity index (χ0) is 20.4. The number of fused-ring (bicyclic) bond motifs is 2. The molecule has 0 atom stereocenters. The lowest BCUT2D eigenvalue weighted by Gasteiger charge is -2.39. The minimum atomic E-state index is -0.413. The van der Waals surface area contributed by atoms with Crippen LogP contribution in [0, 0.1) is 11.3 Å². The first kappa shape index (κ1) is 20.2. The van der Waals surface area contributed by atoms with E-state index in [0.29, 0.717) is 12.5 Å². The number of ether oxygens (including phenoxy) is 1. The molecule has 0 aliphatic carbocycles. The van der Waals surface area contributed by atoms with E-state index in [-0.39, 0.29) is 5.97 Å². The highest BCUT2D eigenvalue weighted by molar-refractivity contribution is 7.99. The molecule has 1 saturated heterocycles. The summed E-state index contributed by atoms with van der Waals surface area (Å²) in [6.45, 7) is 9.29. The van der Waals surface area contributed by atoms with E-state index in [2.05, 4.69) is 38.4 Å². The van der Waals surface area contributed by atoms with E-state index in [1.54, 1.807) is 24.2 Å². The Kier molecular flexibility index (Phi) is 5.79. The van der Waals surface area contributed by atoms with Gasteiger partial charge in [0.25, 0.3) is 0 Å². The highest BCUT2D eigenvalue weighted by atomic mass is 32.2. The molecule has 0 bridgehead atoms. The molecule has 1 aromatic carbocycles. The molecular weight excluding hydrogens is 384 g/mol. The fraction of sp³-hybridized carbons (Fsp3) is 0.500. The lowest BCUT2D eigenvalue weighted by Crippen LogP contribution is -2.42. The Labute approximate surface area is 176 Å². The van der Waals surface area contributed by atoms with Gasteiger partial charge in [-0.15, -0.1) is 0 Å². The normalized spacial score (nSPS) is 17.2. The molecule has 3 heterocycles. The van der Waals surface area contributed by atoms with Crippen LogP contribution >= 0.6 is 11.8 Å². The molecule has 7 heteroatoms.